The molecule has 0 unspecified atom stereocenters. The first-order valence-electron chi connectivity index (χ1n) is 6.35. The normalized spacial score (nSPS) is 10.8. The van der Waals surface area contributed by atoms with Gasteiger partial charge in [-0.2, -0.15) is 0 Å². The topological polar surface area (TPSA) is 12.0 Å². The van der Waals surface area contributed by atoms with Crippen molar-refractivity contribution < 1.29 is 0 Å². The van der Waals surface area contributed by atoms with E-state index in [1.807, 2.05) is 24.3 Å². The van der Waals surface area contributed by atoms with Gasteiger partial charge < -0.3 is 5.32 Å². The Morgan fingerprint density at radius 1 is 1.05 bits per heavy atom. The largest absolute Gasteiger partial charge is 0.371 e. The number of thiophene rings is 1. The molecule has 21 heavy (non-hydrogen) atoms. The van der Waals surface area contributed by atoms with Crippen LogP contribution in [0.1, 0.15) is 10.4 Å². The number of nitrogens with one attached hydrogen (secondary N) is 1. The predicted octanol–water partition coefficient (Wildman–Crippen LogP) is 5.89. The summed E-state index contributed by atoms with van der Waals surface area (Å²) in [7, 11) is 0. The molecule has 0 amide bonds. The van der Waals surface area contributed by atoms with Crippen LogP contribution in [0, 0.1) is 0 Å². The van der Waals surface area contributed by atoms with Gasteiger partial charge in [0.1, 0.15) is 4.99 Å². The van der Waals surface area contributed by atoms with E-state index < -0.39 is 0 Å². The van der Waals surface area contributed by atoms with Gasteiger partial charge in [-0.25, -0.2) is 0 Å². The number of halogens is 2. The maximum absolute atomic E-state index is 5.53. The minimum absolute atomic E-state index is 0.729. The lowest BCUT2D eigenvalue weighted by Crippen LogP contribution is -2.20. The summed E-state index contributed by atoms with van der Waals surface area (Å²) in [6.45, 7) is 0.729. The van der Waals surface area contributed by atoms with Gasteiger partial charge in [0.05, 0.1) is 4.88 Å². The van der Waals surface area contributed by atoms with Crippen molar-refractivity contribution in [2.24, 2.45) is 0 Å². The molecule has 0 radical (unpaired) electrons. The fourth-order valence-corrected chi connectivity index (χ4v) is 4.65. The summed E-state index contributed by atoms with van der Waals surface area (Å²) in [5.41, 5.74) is 1.21. The third-order valence-electron chi connectivity index (χ3n) is 3.11. The average molecular weight is 441 g/mol. The molecule has 0 aliphatic carbocycles. The predicted molar refractivity (Wildman–Crippen MR) is 102 cm³/mol. The van der Waals surface area contributed by atoms with Crippen molar-refractivity contribution in [2.75, 3.05) is 0 Å². The molecule has 1 aromatic heterocycles. The van der Waals surface area contributed by atoms with Crippen LogP contribution < -0.4 is 5.32 Å². The van der Waals surface area contributed by atoms with Crippen LogP contribution in [0.3, 0.4) is 0 Å². The van der Waals surface area contributed by atoms with Crippen LogP contribution in [0.15, 0.2) is 57.5 Å². The summed E-state index contributed by atoms with van der Waals surface area (Å²) in [5.74, 6) is 0. The Hall–Kier alpha value is -0.750. The molecule has 3 rings (SSSR count). The fourth-order valence-electron chi connectivity index (χ4n) is 2.02. The van der Waals surface area contributed by atoms with Gasteiger partial charge in [0.25, 0.3) is 0 Å². The molecule has 1 nitrogen and oxygen atoms in total. The molecule has 3 aromatic rings. The molecule has 106 valence electrons. The van der Waals surface area contributed by atoms with Crippen molar-refractivity contribution in [2.45, 2.75) is 6.54 Å². The molecular formula is C16H11Br2NS2. The van der Waals surface area contributed by atoms with Crippen molar-refractivity contribution in [3.05, 3.63) is 67.9 Å². The molecule has 1 heterocycles. The number of thiocarbonyl (C=S) groups is 1. The van der Waals surface area contributed by atoms with Crippen LogP contribution in [-0.4, -0.2) is 4.99 Å². The van der Waals surface area contributed by atoms with Crippen molar-refractivity contribution in [1.82, 2.24) is 5.32 Å². The van der Waals surface area contributed by atoms with E-state index in [0.717, 1.165) is 25.4 Å². The highest BCUT2D eigenvalue weighted by molar-refractivity contribution is 9.11. The molecule has 1 N–H and O–H groups in total. The van der Waals surface area contributed by atoms with E-state index in [0.29, 0.717) is 0 Å². The quantitative estimate of drug-likeness (QED) is 0.509. The Kier molecular flexibility index (Phi) is 4.74. The Balaban J connectivity index is 1.78. The second kappa shape index (κ2) is 6.57. The van der Waals surface area contributed by atoms with Crippen molar-refractivity contribution >= 4 is 70.5 Å². The molecule has 2 aromatic carbocycles. The van der Waals surface area contributed by atoms with Crippen LogP contribution in [-0.2, 0) is 6.54 Å². The van der Waals surface area contributed by atoms with E-state index in [1.54, 1.807) is 11.3 Å². The van der Waals surface area contributed by atoms with Crippen molar-refractivity contribution in [3.8, 4) is 0 Å². The van der Waals surface area contributed by atoms with E-state index >= 15 is 0 Å². The minimum Gasteiger partial charge on any atom is -0.371 e. The molecule has 0 fully saturated rings. The monoisotopic (exact) mass is 439 g/mol. The third kappa shape index (κ3) is 3.37. The summed E-state index contributed by atoms with van der Waals surface area (Å²) in [6, 6.07) is 16.6. The van der Waals surface area contributed by atoms with Gasteiger partial charge in [0.15, 0.2) is 0 Å². The zero-order valence-electron chi connectivity index (χ0n) is 10.9. The molecule has 0 saturated heterocycles. The lowest BCUT2D eigenvalue weighted by Gasteiger charge is -2.07. The highest BCUT2D eigenvalue weighted by Gasteiger charge is 2.13. The second-order valence-corrected chi connectivity index (χ2v) is 7.72. The zero-order chi connectivity index (χ0) is 14.8. The van der Waals surface area contributed by atoms with Gasteiger partial charge in [-0.15, -0.1) is 11.3 Å². The first-order chi connectivity index (χ1) is 10.1. The minimum atomic E-state index is 0.729. The number of benzene rings is 2. The lowest BCUT2D eigenvalue weighted by molar-refractivity contribution is 0.930. The SMILES string of the molecule is S=C(NCc1ccc(Br)cc1)c1sc2ccccc2c1Br. The molecular weight excluding hydrogens is 430 g/mol. The smallest absolute Gasteiger partial charge is 0.118 e. The van der Waals surface area contributed by atoms with Crippen LogP contribution in [0.5, 0.6) is 0 Å². The lowest BCUT2D eigenvalue weighted by atomic mass is 10.2. The number of hydrogen-bond acceptors (Lipinski definition) is 2. The summed E-state index contributed by atoms with van der Waals surface area (Å²) in [4.78, 5) is 1.87. The van der Waals surface area contributed by atoms with E-state index in [-0.39, 0.29) is 0 Å². The van der Waals surface area contributed by atoms with Gasteiger partial charge in [0, 0.05) is 25.6 Å². The number of fused-ring (bicyclic) bond motifs is 1. The summed E-state index contributed by atoms with van der Waals surface area (Å²) >= 11 is 14.4. The van der Waals surface area contributed by atoms with Crippen LogP contribution >= 0.6 is 55.4 Å². The van der Waals surface area contributed by atoms with Gasteiger partial charge in [0.2, 0.25) is 0 Å². The van der Waals surface area contributed by atoms with Gasteiger partial charge in [-0.05, 0) is 39.7 Å². The molecule has 0 saturated carbocycles. The maximum Gasteiger partial charge on any atom is 0.118 e. The van der Waals surface area contributed by atoms with Crippen molar-refractivity contribution in [1.29, 1.82) is 0 Å². The molecule has 0 bridgehead atoms. The molecule has 0 aliphatic heterocycles. The van der Waals surface area contributed by atoms with Crippen LogP contribution in [0.4, 0.5) is 0 Å². The number of rotatable bonds is 3. The highest BCUT2D eigenvalue weighted by Crippen LogP contribution is 2.35. The first-order valence-corrected chi connectivity index (χ1v) is 9.16. The van der Waals surface area contributed by atoms with E-state index in [1.165, 1.54) is 15.6 Å². The Morgan fingerprint density at radius 2 is 1.76 bits per heavy atom. The molecule has 0 atom stereocenters. The van der Waals surface area contributed by atoms with E-state index in [4.69, 9.17) is 12.2 Å². The summed E-state index contributed by atoms with van der Waals surface area (Å²) in [6.07, 6.45) is 0. The molecule has 0 spiro atoms. The number of hydrogen-bond donors (Lipinski definition) is 1. The first kappa shape index (κ1) is 15.2. The standard InChI is InChI=1S/C16H11Br2NS2/c17-11-7-5-10(6-8-11)9-19-16(20)15-14(18)12-3-1-2-4-13(12)21-15/h1-8H,9H2,(H,19,20). The Bertz CT molecular complexity index is 794. The van der Waals surface area contributed by atoms with E-state index in [9.17, 15) is 0 Å². The summed E-state index contributed by atoms with van der Waals surface area (Å²) < 4.78 is 3.41. The van der Waals surface area contributed by atoms with Crippen molar-refractivity contribution in [3.63, 3.8) is 0 Å². The van der Waals surface area contributed by atoms with Crippen LogP contribution in [0.25, 0.3) is 10.1 Å². The second-order valence-electron chi connectivity index (χ2n) is 4.55. The Morgan fingerprint density at radius 3 is 2.48 bits per heavy atom. The highest BCUT2D eigenvalue weighted by atomic mass is 79.9. The Labute approximate surface area is 149 Å². The molecule has 0 aliphatic rings. The van der Waals surface area contributed by atoms with E-state index in [2.05, 4.69) is 61.4 Å². The summed E-state index contributed by atoms with van der Waals surface area (Å²) in [5, 5.41) is 4.55. The zero-order valence-corrected chi connectivity index (χ0v) is 15.7. The van der Waals surface area contributed by atoms with Gasteiger partial charge in [-0.3, -0.25) is 0 Å². The maximum atomic E-state index is 5.53. The van der Waals surface area contributed by atoms with Gasteiger partial charge in [-0.1, -0.05) is 58.5 Å². The third-order valence-corrected chi connectivity index (χ3v) is 6.39. The van der Waals surface area contributed by atoms with Crippen LogP contribution in [0.2, 0.25) is 0 Å². The molecule has 5 heteroatoms. The van der Waals surface area contributed by atoms with Gasteiger partial charge >= 0.3 is 0 Å². The fraction of sp³-hybridized carbons (Fsp3) is 0.0625. The average Bonchev–Trinajstić information content (AvgIpc) is 2.84.